The van der Waals surface area contributed by atoms with Crippen LogP contribution < -0.4 is 0 Å². The van der Waals surface area contributed by atoms with Gasteiger partial charge in [-0.1, -0.05) is 38.9 Å². The van der Waals surface area contributed by atoms with E-state index >= 15 is 0 Å². The minimum absolute atomic E-state index is 0.142. The van der Waals surface area contributed by atoms with E-state index in [1.165, 1.54) is 21.7 Å². The van der Waals surface area contributed by atoms with Crippen molar-refractivity contribution in [1.29, 1.82) is 0 Å². The highest BCUT2D eigenvalue weighted by Crippen LogP contribution is 2.28. The molecule has 2 heterocycles. The van der Waals surface area contributed by atoms with Crippen molar-refractivity contribution in [1.82, 2.24) is 19.0 Å². The molecule has 0 radical (unpaired) electrons. The van der Waals surface area contributed by atoms with Gasteiger partial charge in [-0.15, -0.1) is 0 Å². The molecule has 0 saturated carbocycles. The lowest BCUT2D eigenvalue weighted by Crippen LogP contribution is -2.49. The molecule has 0 unspecified atom stereocenters. The lowest BCUT2D eigenvalue weighted by Gasteiger charge is -2.33. The van der Waals surface area contributed by atoms with Gasteiger partial charge < -0.3 is 0 Å². The largest absolute Gasteiger partial charge is 0.282 e. The highest BCUT2D eigenvalue weighted by atomic mass is 79.9. The molecule has 25 heavy (non-hydrogen) atoms. The quantitative estimate of drug-likeness (QED) is 0.624. The van der Waals surface area contributed by atoms with E-state index < -0.39 is 10.0 Å². The Balaban J connectivity index is 1.69. The zero-order valence-electron chi connectivity index (χ0n) is 13.4. The van der Waals surface area contributed by atoms with Crippen molar-refractivity contribution in [3.05, 3.63) is 36.7 Å². The maximum Gasteiger partial charge on any atom is 0.244 e. The van der Waals surface area contributed by atoms with Crippen molar-refractivity contribution in [3.63, 3.8) is 0 Å². The van der Waals surface area contributed by atoms with Crippen molar-refractivity contribution in [2.75, 3.05) is 26.2 Å². The van der Waals surface area contributed by atoms with Crippen LogP contribution in [-0.4, -0.2) is 53.6 Å². The number of nitrogens with zero attached hydrogens (tertiary/aromatic N) is 4. The normalized spacial score (nSPS) is 17.1. The van der Waals surface area contributed by atoms with Crippen LogP contribution in [0.25, 0.3) is 0 Å². The molecule has 1 fully saturated rings. The summed E-state index contributed by atoms with van der Waals surface area (Å²) in [5.74, 6) is 0. The third-order valence-corrected chi connectivity index (χ3v) is 7.98. The van der Waals surface area contributed by atoms with Gasteiger partial charge in [0.25, 0.3) is 0 Å². The predicted octanol–water partition coefficient (Wildman–Crippen LogP) is 3.36. The average Bonchev–Trinajstić information content (AvgIpc) is 2.85. The molecule has 1 aliphatic heterocycles. The van der Waals surface area contributed by atoms with Crippen molar-refractivity contribution in [2.24, 2.45) is 0 Å². The first-order valence-electron chi connectivity index (χ1n) is 7.49. The maximum atomic E-state index is 12.8. The molecule has 0 bridgehead atoms. The highest BCUT2D eigenvalue weighted by molar-refractivity contribution is 9.10. The summed E-state index contributed by atoms with van der Waals surface area (Å²) in [6, 6.07) is 4.81. The fourth-order valence-electron chi connectivity index (χ4n) is 2.62. The fraction of sp³-hybridized carbons (Fsp3) is 0.429. The van der Waals surface area contributed by atoms with Gasteiger partial charge in [-0.3, -0.25) is 4.90 Å². The molecule has 1 aromatic heterocycles. The smallest absolute Gasteiger partial charge is 0.244 e. The molecule has 136 valence electrons. The molecule has 1 aliphatic rings. The average molecular weight is 484 g/mol. The zero-order valence-corrected chi connectivity index (χ0v) is 18.1. The number of benzene rings is 1. The van der Waals surface area contributed by atoms with Crippen LogP contribution in [0.2, 0.25) is 5.02 Å². The van der Waals surface area contributed by atoms with Crippen LogP contribution in [0.5, 0.6) is 0 Å². The van der Waals surface area contributed by atoms with Gasteiger partial charge in [-0.2, -0.15) is 9.40 Å². The Morgan fingerprint density at radius 2 is 2.00 bits per heavy atom. The number of hydrogen-bond acceptors (Lipinski definition) is 6. The summed E-state index contributed by atoms with van der Waals surface area (Å²) in [4.78, 5) is 2.28. The van der Waals surface area contributed by atoms with Gasteiger partial charge >= 0.3 is 0 Å². The van der Waals surface area contributed by atoms with E-state index in [1.807, 2.05) is 6.92 Å². The summed E-state index contributed by atoms with van der Waals surface area (Å²) in [7, 11) is -3.60. The predicted molar refractivity (Wildman–Crippen MR) is 105 cm³/mol. The van der Waals surface area contributed by atoms with Crippen LogP contribution >= 0.6 is 51.1 Å². The summed E-state index contributed by atoms with van der Waals surface area (Å²) in [5.41, 5.74) is 0. The first-order chi connectivity index (χ1) is 11.8. The van der Waals surface area contributed by atoms with Gasteiger partial charge in [0.05, 0.1) is 11.7 Å². The second-order valence-electron chi connectivity index (χ2n) is 5.62. The van der Waals surface area contributed by atoms with E-state index in [2.05, 4.69) is 25.9 Å². The van der Waals surface area contributed by atoms with Crippen molar-refractivity contribution < 1.29 is 8.42 Å². The van der Waals surface area contributed by atoms with Crippen molar-refractivity contribution >= 4 is 61.1 Å². The molecule has 1 aromatic carbocycles. The summed E-state index contributed by atoms with van der Waals surface area (Å²) in [5, 5.41) is 5.53. The topological polar surface area (TPSA) is 58.4 Å². The van der Waals surface area contributed by atoms with Gasteiger partial charge in [0.2, 0.25) is 10.0 Å². The number of aromatic nitrogens is 2. The molecule has 11 heteroatoms. The zero-order chi connectivity index (χ0) is 18.2. The highest BCUT2D eigenvalue weighted by Gasteiger charge is 2.30. The van der Waals surface area contributed by atoms with Crippen LogP contribution in [0.4, 0.5) is 0 Å². The fourth-order valence-corrected chi connectivity index (χ4v) is 6.11. The Bertz CT molecular complexity index is 936. The molecule has 0 atom stereocenters. The number of aryl methyl sites for hydroxylation is 1. The Morgan fingerprint density at radius 1 is 1.32 bits per heavy atom. The van der Waals surface area contributed by atoms with Gasteiger partial charge in [0.15, 0.2) is 3.95 Å². The number of halogens is 2. The Labute approximate surface area is 169 Å². The molecule has 3 rings (SSSR count). The van der Waals surface area contributed by atoms with E-state index in [-0.39, 0.29) is 9.92 Å². The first-order valence-corrected chi connectivity index (χ1v) is 11.3. The molecule has 0 N–H and O–H groups in total. The molecule has 2 aromatic rings. The van der Waals surface area contributed by atoms with Crippen molar-refractivity contribution in [3.8, 4) is 0 Å². The van der Waals surface area contributed by atoms with Crippen LogP contribution in [0, 0.1) is 10.9 Å². The lowest BCUT2D eigenvalue weighted by molar-refractivity contribution is 0.145. The molecule has 1 saturated heterocycles. The SMILES string of the molecule is Cc1nn(CN2CCN(S(=O)(=O)c3ccc(Br)cc3Cl)CC2)c(=S)s1. The minimum atomic E-state index is -3.60. The molecule has 0 amide bonds. The summed E-state index contributed by atoms with van der Waals surface area (Å²) in [6.07, 6.45) is 0. The van der Waals surface area contributed by atoms with Crippen molar-refractivity contribution in [2.45, 2.75) is 18.5 Å². The molecule has 0 spiro atoms. The standard InChI is InChI=1S/C14H16BrClN4O2S3/c1-10-17-20(14(23)24-10)9-18-4-6-19(7-5-18)25(21,22)13-3-2-11(15)8-12(13)16/h2-3,8H,4-7,9H2,1H3. The number of rotatable bonds is 4. The molecular weight excluding hydrogens is 468 g/mol. The number of sulfonamides is 1. The second kappa shape index (κ2) is 7.71. The molecule has 0 aliphatic carbocycles. The van der Waals surface area contributed by atoms with E-state index in [4.69, 9.17) is 23.8 Å². The monoisotopic (exact) mass is 482 g/mol. The maximum absolute atomic E-state index is 12.8. The van der Waals surface area contributed by atoms with Crippen LogP contribution in [0.15, 0.2) is 27.6 Å². The Hall–Kier alpha value is -0.360. The number of piperazine rings is 1. The Kier molecular flexibility index (Phi) is 5.98. The third kappa shape index (κ3) is 4.32. The van der Waals surface area contributed by atoms with E-state index in [1.54, 1.807) is 16.8 Å². The van der Waals surface area contributed by atoms with Gasteiger partial charge in [0, 0.05) is 30.7 Å². The van der Waals surface area contributed by atoms with Crippen LogP contribution in [0.1, 0.15) is 5.01 Å². The van der Waals surface area contributed by atoms with Gasteiger partial charge in [-0.05, 0) is 37.3 Å². The van der Waals surface area contributed by atoms with E-state index in [0.29, 0.717) is 32.8 Å². The van der Waals surface area contributed by atoms with Crippen LogP contribution in [-0.2, 0) is 16.7 Å². The third-order valence-electron chi connectivity index (χ3n) is 3.88. The first kappa shape index (κ1) is 19.4. The van der Waals surface area contributed by atoms with Gasteiger partial charge in [0.1, 0.15) is 9.90 Å². The summed E-state index contributed by atoms with van der Waals surface area (Å²) >= 11 is 16.2. The minimum Gasteiger partial charge on any atom is -0.282 e. The lowest BCUT2D eigenvalue weighted by atomic mass is 10.4. The summed E-state index contributed by atoms with van der Waals surface area (Å²) in [6.45, 7) is 4.55. The van der Waals surface area contributed by atoms with E-state index in [9.17, 15) is 8.42 Å². The van der Waals surface area contributed by atoms with Crippen LogP contribution in [0.3, 0.4) is 0 Å². The van der Waals surface area contributed by atoms with Gasteiger partial charge in [-0.25, -0.2) is 13.1 Å². The molecular formula is C14H16BrClN4O2S3. The Morgan fingerprint density at radius 3 is 2.56 bits per heavy atom. The number of hydrogen-bond donors (Lipinski definition) is 0. The summed E-state index contributed by atoms with van der Waals surface area (Å²) < 4.78 is 30.4. The molecule has 6 nitrogen and oxygen atoms in total. The second-order valence-corrected chi connectivity index (χ2v) is 10.7. The van der Waals surface area contributed by atoms with E-state index in [0.717, 1.165) is 13.4 Å².